The van der Waals surface area contributed by atoms with Crippen LogP contribution in [0.3, 0.4) is 0 Å². The van der Waals surface area contributed by atoms with Gasteiger partial charge in [-0.1, -0.05) is 0 Å². The van der Waals surface area contributed by atoms with Gasteiger partial charge in [-0.3, -0.25) is 9.48 Å². The van der Waals surface area contributed by atoms with Crippen LogP contribution < -0.4 is 0 Å². The molecule has 0 radical (unpaired) electrons. The smallest absolute Gasteiger partial charge is 0.265 e. The van der Waals surface area contributed by atoms with E-state index in [1.54, 1.807) is 23.7 Å². The van der Waals surface area contributed by atoms with Crippen molar-refractivity contribution in [2.24, 2.45) is 0 Å². The zero-order valence-electron chi connectivity index (χ0n) is 11.8. The van der Waals surface area contributed by atoms with Gasteiger partial charge in [0.05, 0.1) is 17.2 Å². The molecule has 0 spiro atoms. The molecule has 4 rings (SSSR count). The third-order valence-corrected chi connectivity index (χ3v) is 5.39. The van der Waals surface area contributed by atoms with Crippen molar-refractivity contribution >= 4 is 17.2 Å². The van der Waals surface area contributed by atoms with Gasteiger partial charge in [0.25, 0.3) is 5.91 Å². The van der Waals surface area contributed by atoms with Crippen LogP contribution in [0.2, 0.25) is 0 Å². The molecule has 1 saturated carbocycles. The van der Waals surface area contributed by atoms with Crippen molar-refractivity contribution in [1.29, 1.82) is 0 Å². The molecule has 1 saturated heterocycles. The van der Waals surface area contributed by atoms with Crippen molar-refractivity contribution in [3.05, 3.63) is 34.5 Å². The summed E-state index contributed by atoms with van der Waals surface area (Å²) in [5, 5.41) is 5.45. The summed E-state index contributed by atoms with van der Waals surface area (Å²) in [6.07, 6.45) is 10.1. The first kappa shape index (κ1) is 13.0. The number of piperidine rings is 1. The second-order valence-corrected chi connectivity index (χ2v) is 6.93. The van der Waals surface area contributed by atoms with Gasteiger partial charge < -0.3 is 4.90 Å². The molecule has 0 bridgehead atoms. The second kappa shape index (κ2) is 5.26. The third-order valence-electron chi connectivity index (χ3n) is 4.24. The topological polar surface area (TPSA) is 51.0 Å². The van der Waals surface area contributed by atoms with Crippen molar-refractivity contribution in [3.63, 3.8) is 0 Å². The molecule has 5 nitrogen and oxygen atoms in total. The number of hydrogen-bond donors (Lipinski definition) is 0. The zero-order valence-corrected chi connectivity index (χ0v) is 12.6. The van der Waals surface area contributed by atoms with Crippen LogP contribution in [0.25, 0.3) is 0 Å². The van der Waals surface area contributed by atoms with Gasteiger partial charge in [-0.2, -0.15) is 5.10 Å². The van der Waals surface area contributed by atoms with E-state index in [2.05, 4.69) is 10.1 Å². The maximum Gasteiger partial charge on any atom is 0.265 e. The van der Waals surface area contributed by atoms with Crippen LogP contribution in [0.4, 0.5) is 0 Å². The molecule has 0 N–H and O–H groups in total. The minimum atomic E-state index is 0.135. The Morgan fingerprint density at radius 2 is 2.24 bits per heavy atom. The summed E-state index contributed by atoms with van der Waals surface area (Å²) in [6, 6.07) is 2.24. The highest BCUT2D eigenvalue weighted by molar-refractivity contribution is 7.13. The summed E-state index contributed by atoms with van der Waals surface area (Å²) >= 11 is 1.58. The maximum absolute atomic E-state index is 12.6. The van der Waals surface area contributed by atoms with E-state index in [-0.39, 0.29) is 5.91 Å². The molecule has 2 aromatic rings. The van der Waals surface area contributed by atoms with Gasteiger partial charge in [-0.25, -0.2) is 4.98 Å². The van der Waals surface area contributed by atoms with Gasteiger partial charge in [-0.05, 0) is 31.7 Å². The lowest BCUT2D eigenvalue weighted by Crippen LogP contribution is -2.40. The number of likely N-dealkylation sites (tertiary alicyclic amines) is 1. The zero-order chi connectivity index (χ0) is 14.2. The highest BCUT2D eigenvalue weighted by atomic mass is 32.1. The number of carbonyl (C=O) groups excluding carboxylic acids is 1. The molecule has 1 atom stereocenters. The average Bonchev–Trinajstić information content (AvgIpc) is 3.05. The minimum absolute atomic E-state index is 0.135. The van der Waals surface area contributed by atoms with Crippen molar-refractivity contribution in [3.8, 4) is 0 Å². The van der Waals surface area contributed by atoms with Crippen molar-refractivity contribution in [2.75, 3.05) is 13.1 Å². The molecule has 1 aliphatic carbocycles. The Morgan fingerprint density at radius 3 is 3.00 bits per heavy atom. The lowest BCUT2D eigenvalue weighted by molar-refractivity contribution is 0.0677. The monoisotopic (exact) mass is 302 g/mol. The van der Waals surface area contributed by atoms with Crippen LogP contribution in [0.15, 0.2) is 24.7 Å². The maximum atomic E-state index is 12.6. The van der Waals surface area contributed by atoms with E-state index in [1.807, 2.05) is 21.8 Å². The molecule has 0 aromatic carbocycles. The predicted octanol–water partition coefficient (Wildman–Crippen LogP) is 2.69. The summed E-state index contributed by atoms with van der Waals surface area (Å²) in [5.41, 5.74) is 0. The molecule has 1 amide bonds. The minimum Gasteiger partial charge on any atom is -0.336 e. The summed E-state index contributed by atoms with van der Waals surface area (Å²) in [5.74, 6) is 0.756. The molecule has 2 aromatic heterocycles. The number of thiazole rings is 1. The molecule has 2 fully saturated rings. The van der Waals surface area contributed by atoms with E-state index in [1.165, 1.54) is 12.8 Å². The van der Waals surface area contributed by atoms with Gasteiger partial charge >= 0.3 is 0 Å². The molecular weight excluding hydrogens is 284 g/mol. The Bertz CT molecular complexity index is 632. The van der Waals surface area contributed by atoms with Crippen molar-refractivity contribution < 1.29 is 4.79 Å². The third kappa shape index (κ3) is 2.60. The number of carbonyl (C=O) groups is 1. The Morgan fingerprint density at radius 1 is 1.33 bits per heavy atom. The highest BCUT2D eigenvalue weighted by Crippen LogP contribution is 2.42. The number of hydrogen-bond acceptors (Lipinski definition) is 4. The number of amides is 1. The molecule has 6 heteroatoms. The quantitative estimate of drug-likeness (QED) is 0.876. The van der Waals surface area contributed by atoms with Gasteiger partial charge in [0, 0.05) is 31.4 Å². The highest BCUT2D eigenvalue weighted by Gasteiger charge is 2.30. The van der Waals surface area contributed by atoms with Crippen LogP contribution in [-0.4, -0.2) is 38.7 Å². The molecule has 1 aliphatic heterocycles. The first-order valence-corrected chi connectivity index (χ1v) is 8.37. The largest absolute Gasteiger partial charge is 0.336 e. The van der Waals surface area contributed by atoms with Crippen molar-refractivity contribution in [2.45, 2.75) is 37.6 Å². The number of aromatic nitrogens is 3. The van der Waals surface area contributed by atoms with E-state index in [4.69, 9.17) is 0 Å². The van der Waals surface area contributed by atoms with Crippen LogP contribution in [-0.2, 0) is 0 Å². The fourth-order valence-corrected chi connectivity index (χ4v) is 3.97. The molecular formula is C15H18N4OS. The fourth-order valence-electron chi connectivity index (χ4n) is 2.91. The van der Waals surface area contributed by atoms with E-state index in [0.29, 0.717) is 12.0 Å². The molecule has 3 heterocycles. The Hall–Kier alpha value is -1.69. The summed E-state index contributed by atoms with van der Waals surface area (Å²) in [4.78, 5) is 19.8. The van der Waals surface area contributed by atoms with Crippen LogP contribution in [0.5, 0.6) is 0 Å². The first-order chi connectivity index (χ1) is 10.3. The van der Waals surface area contributed by atoms with Gasteiger partial charge in [0.1, 0.15) is 4.88 Å². The van der Waals surface area contributed by atoms with Gasteiger partial charge in [0.15, 0.2) is 0 Å². The first-order valence-electron chi connectivity index (χ1n) is 7.55. The van der Waals surface area contributed by atoms with E-state index < -0.39 is 0 Å². The van der Waals surface area contributed by atoms with E-state index in [9.17, 15) is 4.79 Å². The second-order valence-electron chi connectivity index (χ2n) is 5.87. The lowest BCUT2D eigenvalue weighted by atomic mass is 10.1. The Balaban J connectivity index is 1.47. The van der Waals surface area contributed by atoms with Gasteiger partial charge in [0.2, 0.25) is 0 Å². The average molecular weight is 302 g/mol. The van der Waals surface area contributed by atoms with Crippen molar-refractivity contribution in [1.82, 2.24) is 19.7 Å². The molecule has 21 heavy (non-hydrogen) atoms. The van der Waals surface area contributed by atoms with Crippen LogP contribution >= 0.6 is 11.3 Å². The summed E-state index contributed by atoms with van der Waals surface area (Å²) < 4.78 is 1.97. The summed E-state index contributed by atoms with van der Waals surface area (Å²) in [7, 11) is 0. The van der Waals surface area contributed by atoms with Gasteiger partial charge in [-0.15, -0.1) is 11.3 Å². The lowest BCUT2D eigenvalue weighted by Gasteiger charge is -2.32. The normalized spacial score (nSPS) is 22.5. The van der Waals surface area contributed by atoms with Crippen LogP contribution in [0.1, 0.15) is 52.3 Å². The van der Waals surface area contributed by atoms with E-state index in [0.717, 1.165) is 35.8 Å². The standard InChI is InChI=1S/C15H18N4OS/c20-15(13-9-16-14(21-13)11-4-5-11)18-7-1-3-12(10-18)19-8-2-6-17-19/h2,6,8-9,11-12H,1,3-5,7,10H2. The molecule has 2 aliphatic rings. The molecule has 110 valence electrons. The molecule has 1 unspecified atom stereocenters. The number of nitrogens with zero attached hydrogens (tertiary/aromatic N) is 4. The summed E-state index contributed by atoms with van der Waals surface area (Å²) in [6.45, 7) is 1.59. The van der Waals surface area contributed by atoms with E-state index >= 15 is 0 Å². The predicted molar refractivity (Wildman–Crippen MR) is 80.5 cm³/mol. The number of rotatable bonds is 3. The Labute approximate surface area is 127 Å². The van der Waals surface area contributed by atoms with Crippen LogP contribution in [0, 0.1) is 0 Å². The Kier molecular flexibility index (Phi) is 3.25. The fraction of sp³-hybridized carbons (Fsp3) is 0.533. The SMILES string of the molecule is O=C(c1cnc(C2CC2)s1)N1CCCC(n2cccn2)C1.